The molecular weight excluding hydrogens is 394 g/mol. The van der Waals surface area contributed by atoms with Crippen LogP contribution in [0.4, 0.5) is 0 Å². The van der Waals surface area contributed by atoms with E-state index in [1.807, 2.05) is 0 Å². The topological polar surface area (TPSA) is 222 Å². The predicted octanol–water partition coefficient (Wildman–Crippen LogP) is -6.56. The summed E-state index contributed by atoms with van der Waals surface area (Å²) in [7, 11) is 0. The van der Waals surface area contributed by atoms with Gasteiger partial charge in [0.2, 0.25) is 0 Å². The molecule has 0 aromatic heterocycles. The number of nitrogens with one attached hydrogen (secondary N) is 1. The number of rotatable bonds is 9. The lowest BCUT2D eigenvalue weighted by molar-refractivity contribution is -0.322. The standard InChI is InChI=1S/C16H33N3O10/c17-1-2-18-3-4-19(15-13(26)11(24)9(22)7(5-20)28-15)16-14(27)12(25)10(23)8(6-21)29-16/h7-16,18,20-27H,1-6,17H2/t7-,8-,9-,10-,11+,12+,13-,14-,15?,16?/m1/s1. The minimum Gasteiger partial charge on any atom is -0.394 e. The zero-order valence-electron chi connectivity index (χ0n) is 15.9. The van der Waals surface area contributed by atoms with Gasteiger partial charge in [0.1, 0.15) is 61.3 Å². The Morgan fingerprint density at radius 2 is 1.14 bits per heavy atom. The number of aliphatic hydroxyl groups is 8. The molecule has 0 bridgehead atoms. The van der Waals surface area contributed by atoms with Crippen molar-refractivity contribution in [2.24, 2.45) is 5.73 Å². The van der Waals surface area contributed by atoms with Crippen molar-refractivity contribution in [2.45, 2.75) is 61.3 Å². The molecule has 2 heterocycles. The van der Waals surface area contributed by atoms with Crippen LogP contribution < -0.4 is 11.1 Å². The van der Waals surface area contributed by atoms with E-state index in [4.69, 9.17) is 15.2 Å². The van der Waals surface area contributed by atoms with E-state index in [0.29, 0.717) is 13.1 Å². The van der Waals surface area contributed by atoms with Gasteiger partial charge < -0.3 is 61.4 Å². The number of hydrogen-bond acceptors (Lipinski definition) is 13. The third kappa shape index (κ3) is 5.40. The summed E-state index contributed by atoms with van der Waals surface area (Å²) in [5.41, 5.74) is 5.43. The number of ether oxygens (including phenoxy) is 2. The van der Waals surface area contributed by atoms with Gasteiger partial charge in [0.15, 0.2) is 0 Å². The molecule has 172 valence electrons. The highest BCUT2D eigenvalue weighted by Crippen LogP contribution is 2.30. The van der Waals surface area contributed by atoms with Crippen molar-refractivity contribution in [1.82, 2.24) is 10.2 Å². The maximum Gasteiger partial charge on any atom is 0.142 e. The highest BCUT2D eigenvalue weighted by Gasteiger charge is 2.52. The van der Waals surface area contributed by atoms with Crippen LogP contribution in [0.2, 0.25) is 0 Å². The summed E-state index contributed by atoms with van der Waals surface area (Å²) in [5, 5.41) is 82.9. The largest absolute Gasteiger partial charge is 0.394 e. The molecule has 0 aromatic rings. The van der Waals surface area contributed by atoms with Gasteiger partial charge in [-0.1, -0.05) is 0 Å². The molecule has 2 rings (SSSR count). The van der Waals surface area contributed by atoms with Crippen LogP contribution in [0.3, 0.4) is 0 Å². The number of aliphatic hydroxyl groups excluding tert-OH is 8. The molecule has 0 aromatic carbocycles. The second-order valence-corrected chi connectivity index (χ2v) is 7.22. The lowest BCUT2D eigenvalue weighted by atomic mass is 9.95. The lowest BCUT2D eigenvalue weighted by Gasteiger charge is -2.50. The molecule has 0 amide bonds. The molecule has 2 saturated heterocycles. The van der Waals surface area contributed by atoms with Crippen LogP contribution in [-0.2, 0) is 9.47 Å². The van der Waals surface area contributed by atoms with Gasteiger partial charge in [0.25, 0.3) is 0 Å². The summed E-state index contributed by atoms with van der Waals surface area (Å²) in [4.78, 5) is 1.29. The Bertz CT molecular complexity index is 452. The minimum absolute atomic E-state index is 0.0609. The molecular formula is C16H33N3O10. The predicted molar refractivity (Wildman–Crippen MR) is 96.2 cm³/mol. The van der Waals surface area contributed by atoms with Crippen LogP contribution in [0.15, 0.2) is 0 Å². The first kappa shape index (κ1) is 24.7. The van der Waals surface area contributed by atoms with E-state index in [-0.39, 0.29) is 13.1 Å². The third-order valence-corrected chi connectivity index (χ3v) is 5.26. The number of nitrogens with two attached hydrogens (primary N) is 1. The van der Waals surface area contributed by atoms with E-state index in [2.05, 4.69) is 5.32 Å². The van der Waals surface area contributed by atoms with Gasteiger partial charge in [-0.3, -0.25) is 0 Å². The highest BCUT2D eigenvalue weighted by atomic mass is 16.6. The SMILES string of the molecule is NCCNCCN(C1O[C@H](CO)[C@@H](O)[C@H](O)[C@H]1O)C1O[C@H](CO)[C@@H](O)[C@H](O)[C@H]1O. The Labute approximate surface area is 167 Å². The molecule has 0 radical (unpaired) electrons. The zero-order chi connectivity index (χ0) is 21.7. The quantitative estimate of drug-likeness (QED) is 0.155. The summed E-state index contributed by atoms with van der Waals surface area (Å²) >= 11 is 0. The van der Waals surface area contributed by atoms with E-state index >= 15 is 0 Å². The zero-order valence-corrected chi connectivity index (χ0v) is 15.9. The average Bonchev–Trinajstić information content (AvgIpc) is 2.72. The maximum atomic E-state index is 10.5. The summed E-state index contributed by atoms with van der Waals surface area (Å²) in [5.74, 6) is 0. The summed E-state index contributed by atoms with van der Waals surface area (Å²) < 4.78 is 11.1. The molecule has 2 unspecified atom stereocenters. The second-order valence-electron chi connectivity index (χ2n) is 7.22. The van der Waals surface area contributed by atoms with Gasteiger partial charge in [-0.15, -0.1) is 0 Å². The third-order valence-electron chi connectivity index (χ3n) is 5.26. The first-order valence-electron chi connectivity index (χ1n) is 9.56. The molecule has 13 heteroatoms. The van der Waals surface area contributed by atoms with Gasteiger partial charge in [-0.05, 0) is 0 Å². The van der Waals surface area contributed by atoms with Gasteiger partial charge in [0.05, 0.1) is 13.2 Å². The molecule has 2 fully saturated rings. The Morgan fingerprint density at radius 3 is 1.52 bits per heavy atom. The van der Waals surface area contributed by atoms with Crippen molar-refractivity contribution < 1.29 is 50.3 Å². The van der Waals surface area contributed by atoms with Crippen LogP contribution in [0.25, 0.3) is 0 Å². The fraction of sp³-hybridized carbons (Fsp3) is 1.00. The second kappa shape index (κ2) is 11.2. The first-order valence-corrected chi connectivity index (χ1v) is 9.56. The molecule has 0 spiro atoms. The molecule has 11 N–H and O–H groups in total. The Kier molecular flexibility index (Phi) is 9.56. The lowest BCUT2D eigenvalue weighted by Crippen LogP contribution is -2.70. The molecule has 10 atom stereocenters. The fourth-order valence-electron chi connectivity index (χ4n) is 3.55. The van der Waals surface area contributed by atoms with Crippen LogP contribution >= 0.6 is 0 Å². The van der Waals surface area contributed by atoms with Crippen LogP contribution in [0.1, 0.15) is 0 Å². The summed E-state index contributed by atoms with van der Waals surface area (Å²) in [6, 6.07) is 0. The normalized spacial score (nSPS) is 43.7. The molecule has 13 nitrogen and oxygen atoms in total. The van der Waals surface area contributed by atoms with Crippen LogP contribution in [-0.4, -0.2) is 146 Å². The van der Waals surface area contributed by atoms with Crippen LogP contribution in [0, 0.1) is 0 Å². The van der Waals surface area contributed by atoms with Crippen molar-refractivity contribution >= 4 is 0 Å². The smallest absolute Gasteiger partial charge is 0.142 e. The number of nitrogens with zero attached hydrogens (tertiary/aromatic N) is 1. The van der Waals surface area contributed by atoms with Gasteiger partial charge in [-0.2, -0.15) is 0 Å². The monoisotopic (exact) mass is 427 g/mol. The molecule has 2 aliphatic heterocycles. The van der Waals surface area contributed by atoms with E-state index in [9.17, 15) is 40.9 Å². The number of hydrogen-bond donors (Lipinski definition) is 10. The Balaban J connectivity index is 2.27. The van der Waals surface area contributed by atoms with E-state index < -0.39 is 74.5 Å². The van der Waals surface area contributed by atoms with Gasteiger partial charge >= 0.3 is 0 Å². The molecule has 29 heavy (non-hydrogen) atoms. The van der Waals surface area contributed by atoms with E-state index in [1.165, 1.54) is 4.90 Å². The average molecular weight is 427 g/mol. The Hall–Kier alpha value is -0.520. The van der Waals surface area contributed by atoms with Gasteiger partial charge in [0, 0.05) is 26.2 Å². The molecule has 0 aliphatic carbocycles. The van der Waals surface area contributed by atoms with Crippen molar-refractivity contribution in [3.8, 4) is 0 Å². The summed E-state index contributed by atoms with van der Waals surface area (Å²) in [6.45, 7) is -0.116. The van der Waals surface area contributed by atoms with Crippen molar-refractivity contribution in [1.29, 1.82) is 0 Å². The van der Waals surface area contributed by atoms with Gasteiger partial charge in [-0.25, -0.2) is 4.90 Å². The fourth-order valence-corrected chi connectivity index (χ4v) is 3.55. The van der Waals surface area contributed by atoms with E-state index in [0.717, 1.165) is 0 Å². The van der Waals surface area contributed by atoms with Crippen molar-refractivity contribution in [2.75, 3.05) is 39.4 Å². The summed E-state index contributed by atoms with van der Waals surface area (Å²) in [6.07, 6.45) is -14.8. The van der Waals surface area contributed by atoms with E-state index in [1.54, 1.807) is 0 Å². The first-order chi connectivity index (χ1) is 13.8. The minimum atomic E-state index is -1.66. The Morgan fingerprint density at radius 1 is 0.690 bits per heavy atom. The maximum absolute atomic E-state index is 10.5. The van der Waals surface area contributed by atoms with Crippen molar-refractivity contribution in [3.63, 3.8) is 0 Å². The van der Waals surface area contributed by atoms with Crippen LogP contribution in [0.5, 0.6) is 0 Å². The highest BCUT2D eigenvalue weighted by molar-refractivity contribution is 4.97. The molecule has 0 saturated carbocycles. The molecule has 2 aliphatic rings. The van der Waals surface area contributed by atoms with Crippen molar-refractivity contribution in [3.05, 3.63) is 0 Å².